The zero-order valence-corrected chi connectivity index (χ0v) is 8.87. The predicted molar refractivity (Wildman–Crippen MR) is 58.9 cm³/mol. The Morgan fingerprint density at radius 3 is 2.50 bits per heavy atom. The van der Waals surface area contributed by atoms with Crippen molar-refractivity contribution < 1.29 is 14.7 Å². The molecule has 0 heterocycles. The molecule has 1 aromatic carbocycles. The third-order valence-electron chi connectivity index (χ3n) is 3.28. The van der Waals surface area contributed by atoms with Crippen LogP contribution in [0.5, 0.6) is 0 Å². The van der Waals surface area contributed by atoms with E-state index in [4.69, 9.17) is 5.11 Å². The van der Waals surface area contributed by atoms with Gasteiger partial charge in [0, 0.05) is 5.92 Å². The number of carbonyl (C=O) groups excluding carboxylic acids is 1. The Bertz CT molecular complexity index is 385. The van der Waals surface area contributed by atoms with Crippen LogP contribution in [0.4, 0.5) is 0 Å². The van der Waals surface area contributed by atoms with Gasteiger partial charge in [0.25, 0.3) is 0 Å². The van der Waals surface area contributed by atoms with Crippen molar-refractivity contribution >= 4 is 12.3 Å². The summed E-state index contributed by atoms with van der Waals surface area (Å²) in [5.74, 6) is -1.51. The average molecular weight is 218 g/mol. The number of carboxylic acid groups (broad SMARTS) is 1. The van der Waals surface area contributed by atoms with Gasteiger partial charge in [-0.15, -0.1) is 0 Å². The molecular weight excluding hydrogens is 204 g/mol. The Labute approximate surface area is 94.1 Å². The molecule has 1 aliphatic carbocycles. The highest BCUT2D eigenvalue weighted by Gasteiger charge is 2.54. The smallest absolute Gasteiger partial charge is 0.307 e. The first-order valence-electron chi connectivity index (χ1n) is 5.46. The Balaban J connectivity index is 1.88. The van der Waals surface area contributed by atoms with Gasteiger partial charge in [0.05, 0.1) is 5.92 Å². The molecule has 1 aliphatic rings. The predicted octanol–water partition coefficient (Wildman–Crippen LogP) is 1.76. The molecule has 16 heavy (non-hydrogen) atoms. The largest absolute Gasteiger partial charge is 0.481 e. The molecule has 84 valence electrons. The van der Waals surface area contributed by atoms with Crippen molar-refractivity contribution in [2.24, 2.45) is 17.8 Å². The number of rotatable bonds is 5. The number of carboxylic acids is 1. The van der Waals surface area contributed by atoms with E-state index in [0.717, 1.165) is 19.1 Å². The minimum atomic E-state index is -0.838. The van der Waals surface area contributed by atoms with Gasteiger partial charge in [0.2, 0.25) is 0 Å². The zero-order valence-electron chi connectivity index (χ0n) is 8.87. The number of carbonyl (C=O) groups is 2. The third kappa shape index (κ3) is 2.13. The van der Waals surface area contributed by atoms with Crippen LogP contribution in [0.25, 0.3) is 0 Å². The SMILES string of the molecule is O=C[C@H]1[C@H](CCc2ccccc2)[C@@H]1C(=O)O. The summed E-state index contributed by atoms with van der Waals surface area (Å²) in [6.07, 6.45) is 2.42. The molecule has 3 heteroatoms. The normalized spacial score (nSPS) is 27.4. The standard InChI is InChI=1S/C13H14O3/c14-8-11-10(12(11)13(15)16)7-6-9-4-2-1-3-5-9/h1-5,8,10-12H,6-7H2,(H,15,16)/t10-,11-,12-/m0/s1. The first kappa shape index (κ1) is 10.9. The average Bonchev–Trinajstić information content (AvgIpc) is 3.01. The quantitative estimate of drug-likeness (QED) is 0.766. The second kappa shape index (κ2) is 4.47. The van der Waals surface area contributed by atoms with Crippen LogP contribution in [0.2, 0.25) is 0 Å². The Hall–Kier alpha value is -1.64. The van der Waals surface area contributed by atoms with E-state index in [1.807, 2.05) is 30.3 Å². The molecule has 3 nitrogen and oxygen atoms in total. The molecule has 0 unspecified atom stereocenters. The van der Waals surface area contributed by atoms with E-state index in [1.54, 1.807) is 0 Å². The number of benzene rings is 1. The molecule has 0 aliphatic heterocycles. The van der Waals surface area contributed by atoms with Gasteiger partial charge in [0.15, 0.2) is 0 Å². The summed E-state index contributed by atoms with van der Waals surface area (Å²) in [4.78, 5) is 21.4. The van der Waals surface area contributed by atoms with Crippen LogP contribution in [0, 0.1) is 17.8 Å². The molecule has 3 atom stereocenters. The highest BCUT2D eigenvalue weighted by molar-refractivity contribution is 5.81. The molecule has 0 aromatic heterocycles. The Morgan fingerprint density at radius 2 is 2.00 bits per heavy atom. The van der Waals surface area contributed by atoms with Gasteiger partial charge in [-0.05, 0) is 24.3 Å². The lowest BCUT2D eigenvalue weighted by Crippen LogP contribution is -2.01. The molecule has 1 saturated carbocycles. The van der Waals surface area contributed by atoms with Crippen molar-refractivity contribution in [3.05, 3.63) is 35.9 Å². The van der Waals surface area contributed by atoms with E-state index in [-0.39, 0.29) is 11.8 Å². The van der Waals surface area contributed by atoms with E-state index in [0.29, 0.717) is 0 Å². The molecule has 0 radical (unpaired) electrons. The minimum Gasteiger partial charge on any atom is -0.481 e. The molecule has 0 bridgehead atoms. The second-order valence-corrected chi connectivity index (χ2v) is 4.27. The maximum absolute atomic E-state index is 10.8. The maximum atomic E-state index is 10.8. The van der Waals surface area contributed by atoms with E-state index < -0.39 is 11.9 Å². The topological polar surface area (TPSA) is 54.4 Å². The molecule has 1 fully saturated rings. The van der Waals surface area contributed by atoms with Crippen molar-refractivity contribution in [2.75, 3.05) is 0 Å². The molecule has 2 rings (SSSR count). The first-order valence-corrected chi connectivity index (χ1v) is 5.46. The van der Waals surface area contributed by atoms with Crippen molar-refractivity contribution in [1.29, 1.82) is 0 Å². The summed E-state index contributed by atoms with van der Waals surface area (Å²) < 4.78 is 0. The monoisotopic (exact) mass is 218 g/mol. The lowest BCUT2D eigenvalue weighted by molar-refractivity contribution is -0.139. The highest BCUT2D eigenvalue weighted by atomic mass is 16.4. The van der Waals surface area contributed by atoms with Gasteiger partial charge >= 0.3 is 5.97 Å². The lowest BCUT2D eigenvalue weighted by Gasteiger charge is -1.99. The third-order valence-corrected chi connectivity index (χ3v) is 3.28. The number of hydrogen-bond acceptors (Lipinski definition) is 2. The van der Waals surface area contributed by atoms with Crippen LogP contribution in [0.3, 0.4) is 0 Å². The van der Waals surface area contributed by atoms with Crippen LogP contribution in [0.1, 0.15) is 12.0 Å². The first-order chi connectivity index (χ1) is 7.74. The summed E-state index contributed by atoms with van der Waals surface area (Å²) in [6.45, 7) is 0. The van der Waals surface area contributed by atoms with Crippen molar-refractivity contribution in [1.82, 2.24) is 0 Å². The summed E-state index contributed by atoms with van der Waals surface area (Å²) >= 11 is 0. The van der Waals surface area contributed by atoms with Crippen LogP contribution >= 0.6 is 0 Å². The van der Waals surface area contributed by atoms with E-state index in [1.165, 1.54) is 5.56 Å². The minimum absolute atomic E-state index is 0.0372. The van der Waals surface area contributed by atoms with Crippen LogP contribution in [-0.2, 0) is 16.0 Å². The summed E-state index contributed by atoms with van der Waals surface area (Å²) in [6, 6.07) is 9.93. The number of hydrogen-bond donors (Lipinski definition) is 1. The van der Waals surface area contributed by atoms with E-state index >= 15 is 0 Å². The summed E-state index contributed by atoms with van der Waals surface area (Å²) in [7, 11) is 0. The fraction of sp³-hybridized carbons (Fsp3) is 0.385. The van der Waals surface area contributed by atoms with Gasteiger partial charge in [-0.25, -0.2) is 0 Å². The molecule has 0 spiro atoms. The molecule has 0 amide bonds. The number of aldehydes is 1. The number of aryl methyl sites for hydroxylation is 1. The summed E-state index contributed by atoms with van der Waals surface area (Å²) in [5.41, 5.74) is 1.20. The second-order valence-electron chi connectivity index (χ2n) is 4.27. The number of aliphatic carboxylic acids is 1. The summed E-state index contributed by atoms with van der Waals surface area (Å²) in [5, 5.41) is 8.86. The van der Waals surface area contributed by atoms with Crippen molar-refractivity contribution in [2.45, 2.75) is 12.8 Å². The van der Waals surface area contributed by atoms with Gasteiger partial charge in [-0.3, -0.25) is 4.79 Å². The lowest BCUT2D eigenvalue weighted by atomic mass is 10.1. The van der Waals surface area contributed by atoms with Crippen LogP contribution < -0.4 is 0 Å². The van der Waals surface area contributed by atoms with E-state index in [2.05, 4.69) is 0 Å². The molecule has 0 saturated heterocycles. The van der Waals surface area contributed by atoms with Gasteiger partial charge in [-0.1, -0.05) is 30.3 Å². The zero-order chi connectivity index (χ0) is 11.5. The van der Waals surface area contributed by atoms with Crippen LogP contribution in [0.15, 0.2) is 30.3 Å². The van der Waals surface area contributed by atoms with E-state index in [9.17, 15) is 9.59 Å². The van der Waals surface area contributed by atoms with Crippen molar-refractivity contribution in [3.8, 4) is 0 Å². The van der Waals surface area contributed by atoms with Crippen LogP contribution in [-0.4, -0.2) is 17.4 Å². The Morgan fingerprint density at radius 1 is 1.31 bits per heavy atom. The highest BCUT2D eigenvalue weighted by Crippen LogP contribution is 2.47. The van der Waals surface area contributed by atoms with Gasteiger partial charge in [0.1, 0.15) is 6.29 Å². The van der Waals surface area contributed by atoms with Gasteiger partial charge < -0.3 is 9.90 Å². The maximum Gasteiger partial charge on any atom is 0.307 e. The van der Waals surface area contributed by atoms with Gasteiger partial charge in [-0.2, -0.15) is 0 Å². The molecular formula is C13H14O3. The molecule has 1 aromatic rings. The Kier molecular flexibility index (Phi) is 3.04. The fourth-order valence-corrected chi connectivity index (χ4v) is 2.28. The fourth-order valence-electron chi connectivity index (χ4n) is 2.28. The van der Waals surface area contributed by atoms with Crippen molar-refractivity contribution in [3.63, 3.8) is 0 Å². The molecule has 1 N–H and O–H groups in total.